The molecule has 2 rings (SSSR count). The molecule has 0 atom stereocenters. The average molecular weight is 236 g/mol. The Morgan fingerprint density at radius 3 is 2.69 bits per heavy atom. The van der Waals surface area contributed by atoms with Crippen LogP contribution >= 0.6 is 11.6 Å². The minimum Gasteiger partial charge on any atom is -0.337 e. The summed E-state index contributed by atoms with van der Waals surface area (Å²) < 4.78 is 0. The smallest absolute Gasteiger partial charge is 0.170 e. The van der Waals surface area contributed by atoms with Gasteiger partial charge in [-0.05, 0) is 5.56 Å². The molecule has 3 nitrogen and oxygen atoms in total. The van der Waals surface area contributed by atoms with Crippen LogP contribution in [0.1, 0.15) is 5.56 Å². The van der Waals surface area contributed by atoms with Crippen LogP contribution in [0.25, 0.3) is 0 Å². The molecular formula is C12H10ClNO2. The zero-order valence-electron chi connectivity index (χ0n) is 8.47. The molecule has 0 unspecified atom stereocenters. The molecular weight excluding hydrogens is 226 g/mol. The molecule has 4 heteroatoms. The maximum Gasteiger partial charge on any atom is 0.170 e. The third-order valence-corrected chi connectivity index (χ3v) is 2.13. The summed E-state index contributed by atoms with van der Waals surface area (Å²) in [4.78, 5) is 14.0. The predicted molar refractivity (Wildman–Crippen MR) is 61.1 cm³/mol. The van der Waals surface area contributed by atoms with Crippen molar-refractivity contribution in [1.82, 2.24) is 4.98 Å². The monoisotopic (exact) mass is 235 g/mol. The Bertz CT molecular complexity index is 448. The first-order valence-corrected chi connectivity index (χ1v) is 5.17. The van der Waals surface area contributed by atoms with Gasteiger partial charge in [-0.15, -0.1) is 0 Å². The van der Waals surface area contributed by atoms with E-state index in [1.54, 1.807) is 18.3 Å². The Morgan fingerprint density at radius 1 is 1.12 bits per heavy atom. The Morgan fingerprint density at radius 2 is 1.94 bits per heavy atom. The fraction of sp³-hybridized carbons (Fsp3) is 0.0833. The molecule has 2 aromatic rings. The molecule has 1 aromatic carbocycles. The van der Waals surface area contributed by atoms with Gasteiger partial charge in [-0.2, -0.15) is 4.89 Å². The van der Waals surface area contributed by atoms with Crippen LogP contribution < -0.4 is 4.89 Å². The standard InChI is InChI=1S/C12H10ClNO2/c13-12-8-11(6-7-14-12)16-15-9-10-4-2-1-3-5-10/h1-8H,9H2. The fourth-order valence-corrected chi connectivity index (χ4v) is 1.34. The van der Waals surface area contributed by atoms with Gasteiger partial charge in [0.1, 0.15) is 11.8 Å². The van der Waals surface area contributed by atoms with Crippen LogP contribution in [0, 0.1) is 0 Å². The zero-order valence-corrected chi connectivity index (χ0v) is 9.22. The number of hydrogen-bond donors (Lipinski definition) is 0. The lowest BCUT2D eigenvalue weighted by atomic mass is 10.2. The summed E-state index contributed by atoms with van der Waals surface area (Å²) in [6, 6.07) is 13.0. The fourth-order valence-electron chi connectivity index (χ4n) is 1.18. The molecule has 0 aliphatic carbocycles. The number of pyridine rings is 1. The largest absolute Gasteiger partial charge is 0.337 e. The van der Waals surface area contributed by atoms with Crippen molar-refractivity contribution in [3.05, 3.63) is 59.4 Å². The van der Waals surface area contributed by atoms with E-state index in [1.165, 1.54) is 0 Å². The second-order valence-corrected chi connectivity index (χ2v) is 3.53. The van der Waals surface area contributed by atoms with E-state index in [0.29, 0.717) is 17.5 Å². The van der Waals surface area contributed by atoms with Crippen molar-refractivity contribution >= 4 is 11.6 Å². The number of nitrogens with zero attached hydrogens (tertiary/aromatic N) is 1. The van der Waals surface area contributed by atoms with Crippen LogP contribution in [0.2, 0.25) is 5.15 Å². The van der Waals surface area contributed by atoms with Gasteiger partial charge >= 0.3 is 0 Å². The molecule has 0 saturated heterocycles. The predicted octanol–water partition coefficient (Wildman–Crippen LogP) is 3.25. The highest BCUT2D eigenvalue weighted by atomic mass is 35.5. The lowest BCUT2D eigenvalue weighted by molar-refractivity contribution is -0.217. The number of rotatable bonds is 4. The first kappa shape index (κ1) is 10.9. The van der Waals surface area contributed by atoms with Crippen LogP contribution in [0.5, 0.6) is 5.75 Å². The van der Waals surface area contributed by atoms with Crippen molar-refractivity contribution in [2.24, 2.45) is 0 Å². The lowest BCUT2D eigenvalue weighted by Gasteiger charge is -2.04. The van der Waals surface area contributed by atoms with Crippen molar-refractivity contribution in [1.29, 1.82) is 0 Å². The van der Waals surface area contributed by atoms with Crippen molar-refractivity contribution in [2.45, 2.75) is 6.61 Å². The van der Waals surface area contributed by atoms with Crippen molar-refractivity contribution in [2.75, 3.05) is 0 Å². The second-order valence-electron chi connectivity index (χ2n) is 3.15. The van der Waals surface area contributed by atoms with Crippen molar-refractivity contribution in [3.8, 4) is 5.75 Å². The molecule has 0 aliphatic heterocycles. The topological polar surface area (TPSA) is 31.4 Å². The quantitative estimate of drug-likeness (QED) is 0.463. The Labute approximate surface area is 98.5 Å². The molecule has 0 radical (unpaired) electrons. The molecule has 16 heavy (non-hydrogen) atoms. The SMILES string of the molecule is Clc1cc(OOCc2ccccc2)ccn1. The summed E-state index contributed by atoms with van der Waals surface area (Å²) in [6.07, 6.45) is 1.56. The third-order valence-electron chi connectivity index (χ3n) is 1.92. The van der Waals surface area contributed by atoms with E-state index in [-0.39, 0.29) is 0 Å². The molecule has 0 amide bonds. The molecule has 0 fully saturated rings. The summed E-state index contributed by atoms with van der Waals surface area (Å²) in [7, 11) is 0. The van der Waals surface area contributed by atoms with Gasteiger partial charge in [0, 0.05) is 18.3 Å². The first-order chi connectivity index (χ1) is 7.84. The van der Waals surface area contributed by atoms with Crippen LogP contribution in [0.4, 0.5) is 0 Å². The summed E-state index contributed by atoms with van der Waals surface area (Å²) in [5.74, 6) is 0.538. The van der Waals surface area contributed by atoms with Crippen LogP contribution in [0.15, 0.2) is 48.7 Å². The van der Waals surface area contributed by atoms with Crippen molar-refractivity contribution in [3.63, 3.8) is 0 Å². The van der Waals surface area contributed by atoms with Gasteiger partial charge in [-0.3, -0.25) is 0 Å². The molecule has 82 valence electrons. The van der Waals surface area contributed by atoms with E-state index in [2.05, 4.69) is 4.98 Å². The molecule has 0 N–H and O–H groups in total. The maximum absolute atomic E-state index is 5.69. The van der Waals surface area contributed by atoms with E-state index < -0.39 is 0 Å². The molecule has 0 bridgehead atoms. The molecule has 1 heterocycles. The van der Waals surface area contributed by atoms with Crippen LogP contribution in [-0.2, 0) is 11.5 Å². The number of hydrogen-bond acceptors (Lipinski definition) is 3. The molecule has 0 saturated carbocycles. The second kappa shape index (κ2) is 5.49. The van der Waals surface area contributed by atoms with E-state index in [4.69, 9.17) is 21.4 Å². The Kier molecular flexibility index (Phi) is 3.75. The lowest BCUT2D eigenvalue weighted by Crippen LogP contribution is -1.97. The van der Waals surface area contributed by atoms with Crippen LogP contribution in [-0.4, -0.2) is 4.98 Å². The minimum absolute atomic E-state index is 0.376. The highest BCUT2D eigenvalue weighted by molar-refractivity contribution is 6.29. The zero-order chi connectivity index (χ0) is 11.2. The maximum atomic E-state index is 5.69. The van der Waals surface area contributed by atoms with Gasteiger partial charge in [-0.1, -0.05) is 41.9 Å². The number of halogens is 1. The number of aromatic nitrogens is 1. The summed E-state index contributed by atoms with van der Waals surface area (Å²) in [5, 5.41) is 0.376. The van der Waals surface area contributed by atoms with E-state index in [1.807, 2.05) is 30.3 Å². The third kappa shape index (κ3) is 3.22. The first-order valence-electron chi connectivity index (χ1n) is 4.79. The van der Waals surface area contributed by atoms with E-state index in [9.17, 15) is 0 Å². The Hall–Kier alpha value is -1.58. The van der Waals surface area contributed by atoms with E-state index in [0.717, 1.165) is 5.56 Å². The van der Waals surface area contributed by atoms with Gasteiger partial charge in [0.25, 0.3) is 0 Å². The highest BCUT2D eigenvalue weighted by Gasteiger charge is 1.97. The molecule has 0 aliphatic rings. The van der Waals surface area contributed by atoms with Gasteiger partial charge in [-0.25, -0.2) is 4.98 Å². The molecule has 0 spiro atoms. The Balaban J connectivity index is 1.85. The van der Waals surface area contributed by atoms with Crippen LogP contribution in [0.3, 0.4) is 0 Å². The normalized spacial score (nSPS) is 10.1. The van der Waals surface area contributed by atoms with Gasteiger partial charge in [0.15, 0.2) is 5.75 Å². The van der Waals surface area contributed by atoms with Gasteiger partial charge in [0.2, 0.25) is 0 Å². The average Bonchev–Trinajstić information content (AvgIpc) is 2.30. The summed E-state index contributed by atoms with van der Waals surface area (Å²) in [5.41, 5.74) is 1.04. The van der Waals surface area contributed by atoms with E-state index >= 15 is 0 Å². The minimum atomic E-state index is 0.376. The molecule has 1 aromatic heterocycles. The van der Waals surface area contributed by atoms with Crippen molar-refractivity contribution < 1.29 is 9.78 Å². The van der Waals surface area contributed by atoms with Gasteiger partial charge < -0.3 is 4.89 Å². The highest BCUT2D eigenvalue weighted by Crippen LogP contribution is 2.15. The summed E-state index contributed by atoms with van der Waals surface area (Å²) in [6.45, 7) is 0.390. The number of benzene rings is 1. The summed E-state index contributed by atoms with van der Waals surface area (Å²) >= 11 is 5.69. The van der Waals surface area contributed by atoms with Gasteiger partial charge in [0.05, 0.1) is 0 Å².